The fourth-order valence-electron chi connectivity index (χ4n) is 21.9. The number of methoxy groups -OCH3 is 5. The molecule has 0 aromatic carbocycles. The first kappa shape index (κ1) is 120. The smallest absolute Gasteiger partial charge is 0.329 e. The van der Waals surface area contributed by atoms with Crippen LogP contribution in [0.5, 0.6) is 0 Å². The van der Waals surface area contributed by atoms with Crippen LogP contribution in [-0.4, -0.2) is 302 Å². The van der Waals surface area contributed by atoms with Gasteiger partial charge in [0.2, 0.25) is 31.6 Å². The topological polar surface area (TPSA) is 465 Å². The van der Waals surface area contributed by atoms with Crippen molar-refractivity contribution in [3.8, 4) is 0 Å². The minimum atomic E-state index is -3.62. The summed E-state index contributed by atoms with van der Waals surface area (Å²) in [6.45, 7) is 26.1. The van der Waals surface area contributed by atoms with Crippen molar-refractivity contribution in [3.63, 3.8) is 0 Å². The maximum Gasteiger partial charge on any atom is 0.329 e. The Labute approximate surface area is 843 Å². The molecule has 0 spiro atoms. The van der Waals surface area contributed by atoms with Gasteiger partial charge in [-0.25, -0.2) is 31.1 Å². The lowest BCUT2D eigenvalue weighted by atomic mass is 9.78. The van der Waals surface area contributed by atoms with E-state index >= 15 is 0 Å². The van der Waals surface area contributed by atoms with Gasteiger partial charge in [-0.05, 0) is 228 Å². The Morgan fingerprint density at radius 2 is 0.873 bits per heavy atom. The Bertz CT molecular complexity index is 4720. The van der Waals surface area contributed by atoms with Crippen molar-refractivity contribution in [3.05, 3.63) is 95.2 Å². The number of hydrogen-bond donors (Lipinski definition) is 7. The average molecular weight is 2040 g/mol. The minimum Gasteiger partial charge on any atom is -0.460 e. The summed E-state index contributed by atoms with van der Waals surface area (Å²) in [5, 5.41) is 68.0. The van der Waals surface area contributed by atoms with E-state index in [-0.39, 0.29) is 128 Å². The van der Waals surface area contributed by atoms with E-state index in [2.05, 4.69) is 4.72 Å². The number of nitrogens with one attached hydrogen (secondary N) is 1. The number of allylic oxidation sites excluding steroid dienone is 12. The summed E-state index contributed by atoms with van der Waals surface area (Å²) in [6.07, 6.45) is 22.5. The Hall–Kier alpha value is -6.88. The molecule has 4 bridgehead atoms. The first-order valence-electron chi connectivity index (χ1n) is 51.8. The van der Waals surface area contributed by atoms with Crippen molar-refractivity contribution in [1.29, 1.82) is 0 Å². The number of amides is 2. The zero-order chi connectivity index (χ0) is 105. The number of nitrogens with zero attached hydrogens (tertiary/aromatic N) is 3. The quantitative estimate of drug-likeness (QED) is 0.0542. The zero-order valence-corrected chi connectivity index (χ0v) is 89.1. The van der Waals surface area contributed by atoms with E-state index in [9.17, 15) is 95.4 Å². The number of piperidine rings is 2. The van der Waals surface area contributed by atoms with Crippen LogP contribution in [0.2, 0.25) is 0 Å². The predicted molar refractivity (Wildman–Crippen MR) is 535 cm³/mol. The number of carbonyl (C=O) groups excluding carboxylic acids is 10. The third-order valence-corrected chi connectivity index (χ3v) is 34.5. The van der Waals surface area contributed by atoms with Gasteiger partial charge in [-0.15, -0.1) is 0 Å². The molecule has 6 saturated heterocycles. The maximum absolute atomic E-state index is 14.5. The molecule has 35 heteroatoms. The predicted octanol–water partition coefficient (Wildman–Crippen LogP) is 11.1. The van der Waals surface area contributed by atoms with Gasteiger partial charge in [-0.1, -0.05) is 148 Å². The third kappa shape index (κ3) is 33.1. The van der Waals surface area contributed by atoms with Crippen LogP contribution < -0.4 is 4.72 Å². The lowest BCUT2D eigenvalue weighted by molar-refractivity contribution is -0.265. The normalized spacial score (nSPS) is 39.3. The second-order valence-corrected chi connectivity index (χ2v) is 46.3. The molecule has 33 nitrogen and oxygen atoms in total. The number of ketones is 6. The Morgan fingerprint density at radius 3 is 1.25 bits per heavy atom. The summed E-state index contributed by atoms with van der Waals surface area (Å²) in [5.74, 6) is -16.3. The number of esters is 2. The molecule has 802 valence electrons. The second kappa shape index (κ2) is 55.9. The molecule has 2 aliphatic carbocycles. The molecule has 8 heterocycles. The van der Waals surface area contributed by atoms with Gasteiger partial charge in [0, 0.05) is 123 Å². The van der Waals surface area contributed by atoms with Crippen LogP contribution in [0.1, 0.15) is 264 Å². The van der Waals surface area contributed by atoms with Crippen molar-refractivity contribution in [2.75, 3.05) is 73.2 Å². The summed E-state index contributed by atoms with van der Waals surface area (Å²) in [4.78, 5) is 144. The van der Waals surface area contributed by atoms with Crippen molar-refractivity contribution >= 4 is 78.5 Å². The van der Waals surface area contributed by atoms with Crippen molar-refractivity contribution in [1.82, 2.24) is 18.8 Å². The maximum atomic E-state index is 14.5. The van der Waals surface area contributed by atoms with Gasteiger partial charge < -0.3 is 83.1 Å². The van der Waals surface area contributed by atoms with Crippen molar-refractivity contribution in [2.24, 2.45) is 71.0 Å². The summed E-state index contributed by atoms with van der Waals surface area (Å²) >= 11 is 0. The van der Waals surface area contributed by atoms with Crippen LogP contribution >= 0.6 is 0 Å². The van der Waals surface area contributed by atoms with Gasteiger partial charge >= 0.3 is 11.9 Å². The third-order valence-electron chi connectivity index (χ3n) is 31.1. The Balaban J connectivity index is 0.000000325. The molecular formula is C107H168N4O29S2. The summed E-state index contributed by atoms with van der Waals surface area (Å²) in [5.41, 5.74) is 2.34. The molecule has 2 amide bonds. The summed E-state index contributed by atoms with van der Waals surface area (Å²) in [6, 6.07) is -3.01. The van der Waals surface area contributed by atoms with E-state index in [1.54, 1.807) is 88.0 Å². The largest absolute Gasteiger partial charge is 0.460 e. The van der Waals surface area contributed by atoms with Crippen LogP contribution in [0.3, 0.4) is 0 Å². The van der Waals surface area contributed by atoms with E-state index in [0.717, 1.165) is 23.3 Å². The highest BCUT2D eigenvalue weighted by Crippen LogP contribution is 2.43. The van der Waals surface area contributed by atoms with Crippen LogP contribution in [0.4, 0.5) is 0 Å². The summed E-state index contributed by atoms with van der Waals surface area (Å²) in [7, 11) is 1.02. The van der Waals surface area contributed by atoms with Crippen molar-refractivity contribution < 1.29 is 138 Å². The van der Waals surface area contributed by atoms with Crippen LogP contribution in [-0.2, 0) is 111 Å². The molecule has 1 unspecified atom stereocenters. The zero-order valence-electron chi connectivity index (χ0n) is 87.5. The average Bonchev–Trinajstić information content (AvgIpc) is 0.816. The molecule has 10 rings (SSSR count). The minimum absolute atomic E-state index is 0.0110. The van der Waals surface area contributed by atoms with E-state index < -0.39 is 188 Å². The number of carbonyl (C=O) groups is 10. The number of rotatable bonds is 12. The fourth-order valence-corrected chi connectivity index (χ4v) is 24.8. The molecule has 30 atom stereocenters. The molecule has 142 heavy (non-hydrogen) atoms. The molecule has 0 radical (unpaired) electrons. The van der Waals surface area contributed by atoms with Crippen LogP contribution in [0, 0.1) is 71.0 Å². The number of ether oxygens (including phenoxy) is 9. The summed E-state index contributed by atoms with van der Waals surface area (Å²) < 4.78 is 104. The second-order valence-electron chi connectivity index (χ2n) is 42.3. The molecule has 2 saturated carbocycles. The molecular weight excluding hydrogens is 1870 g/mol. The standard InChI is InChI=1S/C53H82N2O14S.C51H79NO13.C3H7NO2S/c1-32-16-11-10-12-17-33(2)42(55-24-15-25-70(55,64)65)30-40-21-19-38(7)53(63,69-40)50(60)51(61)54-23-14-13-18-41(54)52(62)68-45(35(4)28-39-20-22-43(56)46(29-39)66-8)31-44(57)34(3)27-37(6)48(59)49(67-9)47(58)36(5)26-32;1-30-16-12-11-13-17-31(2)42(61-8)28-38-21-19-36(7)51(60,65-38)48(57)49(58)52-23-15-14-18-39(52)50(59)64-43(33(4)26-37-20-22-40(53)44(27-37)62-9)29-41(54)32(3)25-35(6)46(56)47(63-10)45(55)34(5)24-30;5-7(6)3-1-2-4-7/h10-12,16-17,27,32,34-36,38-43,45-46,48-49,56,59,63H,13-15,18-26,28-31H2,1-9H3;11-13,16-17,25,30,32-34,36-40,42-44,46-47,53,56,60H,14-15,18-24,26-29H2,1-10H3;4H,1-3H2/b12-10+,16-11+,33-17+,37-27+;13-11?,16-12+,31-17?,35-25+;/t32-,34-,35-,36-,38-,39+,40+,41+,42?,43-,45+,46-,48-,49+,53-;30-,32-,33-,34-,36-,37+,38+,39+,40-,42+,43+,44-,46-,47+,51-;/m11./s1. The van der Waals surface area contributed by atoms with E-state index in [0.29, 0.717) is 151 Å². The highest BCUT2D eigenvalue weighted by Gasteiger charge is 2.56. The van der Waals surface area contributed by atoms with E-state index in [1.165, 1.54) is 23.4 Å². The van der Waals surface area contributed by atoms with Gasteiger partial charge in [-0.2, -0.15) is 4.31 Å². The SMILES string of the molecule is CO[C@@H]1C[C@H](C[C@@H](C)[C@@H]2CC(=O)[C@H](C)/C=C(\C)[C@@H](O)[C@@H](OC)C(=O)[C@H](C)C[C@H](C)/C=C/C=C/C=C(\C)C(N3CCCS3(=O)=O)C[C@@H]3CC[C@@H](C)[C@@](O)(O3)C(=O)C(=O)N3CCCC[C@H]3C(=O)O2)CC[C@H]1O.CO[C@H]1C[C@@H]2CC[C@@H](C)[C@@](O)(O2)C(=O)C(=O)N2CCCC[C@H]2C(=O)O[C@H]([C@H](C)C[C@@H]2CC[C@@H](O)[C@H](OC)C2)CC(=O)[C@H](C)/C=C(\C)[C@@H](O)[C@@H](OC)C(=O)[C@H](C)C[C@H](C)/C=C/C=CC=C1C.O=S1(=O)CCCN1. The van der Waals surface area contributed by atoms with Gasteiger partial charge in [-0.3, -0.25) is 38.4 Å². The molecule has 8 aliphatic heterocycles. The van der Waals surface area contributed by atoms with Gasteiger partial charge in [0.1, 0.15) is 60.3 Å². The monoisotopic (exact) mass is 2040 g/mol. The number of aliphatic hydroxyl groups is 6. The first-order valence-corrected chi connectivity index (χ1v) is 55.0. The highest BCUT2D eigenvalue weighted by molar-refractivity contribution is 7.89. The molecule has 7 N–H and O–H groups in total. The lowest BCUT2D eigenvalue weighted by Crippen LogP contribution is -2.61. The van der Waals surface area contributed by atoms with Gasteiger partial charge in [0.15, 0.2) is 11.6 Å². The Kier molecular flexibility index (Phi) is 47.4. The van der Waals surface area contributed by atoms with Gasteiger partial charge in [0.05, 0.1) is 54.2 Å². The lowest BCUT2D eigenvalue weighted by Gasteiger charge is -2.43. The van der Waals surface area contributed by atoms with E-state index in [1.807, 2.05) is 103 Å². The highest BCUT2D eigenvalue weighted by atomic mass is 32.2. The number of fused-ring (bicyclic) bond motifs is 6. The van der Waals surface area contributed by atoms with Gasteiger partial charge in [0.25, 0.3) is 23.4 Å². The number of Topliss-reactive ketones (excluding diaryl/α,β-unsaturated/α-hetero) is 6. The number of sulfonamides is 2. The van der Waals surface area contributed by atoms with E-state index in [4.69, 9.17) is 42.6 Å². The molecule has 0 aromatic rings. The molecule has 0 aromatic heterocycles. The number of aliphatic hydroxyl groups excluding tert-OH is 4. The van der Waals surface area contributed by atoms with Crippen LogP contribution in [0.25, 0.3) is 0 Å². The fraction of sp³-hybridized carbons (Fsp3) is 0.757. The van der Waals surface area contributed by atoms with Crippen LogP contribution in [0.15, 0.2) is 95.2 Å². The Morgan fingerprint density at radius 1 is 0.451 bits per heavy atom. The molecule has 10 aliphatic rings. The number of hydrogen-bond acceptors (Lipinski definition) is 29. The van der Waals surface area contributed by atoms with Crippen molar-refractivity contribution in [2.45, 2.75) is 373 Å². The first-order chi connectivity index (χ1) is 67.0. The number of cyclic esters (lactones) is 2. The molecule has 8 fully saturated rings.